The molecular formula is C16H25BO4Si. The van der Waals surface area contributed by atoms with Crippen molar-refractivity contribution in [1.29, 1.82) is 0 Å². The predicted molar refractivity (Wildman–Crippen MR) is 91.5 cm³/mol. The second-order valence-electron chi connectivity index (χ2n) is 7.72. The maximum atomic E-state index is 11.2. The minimum absolute atomic E-state index is 0.388. The zero-order valence-electron chi connectivity index (χ0n) is 14.5. The number of carbonyl (C=O) groups excluding carboxylic acids is 1. The molecule has 1 aliphatic rings. The van der Waals surface area contributed by atoms with Crippen LogP contribution in [0.25, 0.3) is 0 Å². The number of rotatable bonds is 4. The van der Waals surface area contributed by atoms with Crippen molar-refractivity contribution in [2.24, 2.45) is 0 Å². The smallest absolute Gasteiger partial charge is 0.494 e. The molecule has 0 spiro atoms. The van der Waals surface area contributed by atoms with Gasteiger partial charge in [-0.15, -0.1) is 0 Å². The van der Waals surface area contributed by atoms with E-state index in [0.29, 0.717) is 11.3 Å². The van der Waals surface area contributed by atoms with Crippen LogP contribution >= 0.6 is 0 Å². The molecule has 1 aliphatic heterocycles. The van der Waals surface area contributed by atoms with Crippen LogP contribution in [0.3, 0.4) is 0 Å². The molecule has 0 radical (unpaired) electrons. The van der Waals surface area contributed by atoms with Gasteiger partial charge in [-0.05, 0) is 64.9 Å². The molecule has 0 bridgehead atoms. The monoisotopic (exact) mass is 320 g/mol. The molecular weight excluding hydrogens is 295 g/mol. The second-order valence-corrected chi connectivity index (χ2v) is 12.1. The summed E-state index contributed by atoms with van der Waals surface area (Å²) in [6, 6.07) is 5.50. The van der Waals surface area contributed by atoms with Crippen LogP contribution in [0.2, 0.25) is 19.6 Å². The Kier molecular flexibility index (Phi) is 4.32. The van der Waals surface area contributed by atoms with Crippen molar-refractivity contribution in [2.75, 3.05) is 0 Å². The van der Waals surface area contributed by atoms with E-state index in [0.717, 1.165) is 11.7 Å². The van der Waals surface area contributed by atoms with E-state index in [9.17, 15) is 4.79 Å². The highest BCUT2D eigenvalue weighted by atomic mass is 28.4. The summed E-state index contributed by atoms with van der Waals surface area (Å²) >= 11 is 0. The van der Waals surface area contributed by atoms with Gasteiger partial charge in [-0.2, -0.15) is 0 Å². The van der Waals surface area contributed by atoms with Crippen LogP contribution in [0.1, 0.15) is 38.1 Å². The first-order chi connectivity index (χ1) is 9.95. The normalized spacial score (nSPS) is 20.0. The van der Waals surface area contributed by atoms with E-state index in [1.165, 1.54) is 0 Å². The van der Waals surface area contributed by atoms with Crippen molar-refractivity contribution in [3.05, 3.63) is 23.8 Å². The second kappa shape index (κ2) is 5.51. The van der Waals surface area contributed by atoms with Gasteiger partial charge in [-0.3, -0.25) is 4.79 Å². The molecule has 1 saturated heterocycles. The van der Waals surface area contributed by atoms with Crippen LogP contribution in [-0.4, -0.2) is 32.9 Å². The molecule has 6 heteroatoms. The fourth-order valence-corrected chi connectivity index (χ4v) is 3.03. The Labute approximate surface area is 134 Å². The molecule has 120 valence electrons. The van der Waals surface area contributed by atoms with Crippen LogP contribution < -0.4 is 9.89 Å². The first-order valence-electron chi connectivity index (χ1n) is 7.59. The van der Waals surface area contributed by atoms with Gasteiger partial charge in [-0.1, -0.05) is 6.07 Å². The summed E-state index contributed by atoms with van der Waals surface area (Å²) in [4.78, 5) is 11.2. The van der Waals surface area contributed by atoms with Gasteiger partial charge < -0.3 is 13.7 Å². The van der Waals surface area contributed by atoms with Crippen LogP contribution in [0.5, 0.6) is 5.75 Å². The SMILES string of the molecule is CC1(C)OB(c2ccc(C=O)c(O[Si](C)(C)C)c2)OC1(C)C. The Morgan fingerprint density at radius 3 is 2.09 bits per heavy atom. The van der Waals surface area contributed by atoms with Gasteiger partial charge in [0.25, 0.3) is 0 Å². The molecule has 2 rings (SSSR count). The van der Waals surface area contributed by atoms with Gasteiger partial charge in [0, 0.05) is 0 Å². The molecule has 0 saturated carbocycles. The van der Waals surface area contributed by atoms with E-state index in [2.05, 4.69) is 19.6 Å². The van der Waals surface area contributed by atoms with Gasteiger partial charge >= 0.3 is 7.12 Å². The Morgan fingerprint density at radius 1 is 1.09 bits per heavy atom. The third kappa shape index (κ3) is 3.45. The quantitative estimate of drug-likeness (QED) is 0.632. The molecule has 0 unspecified atom stereocenters. The summed E-state index contributed by atoms with van der Waals surface area (Å²) in [5.74, 6) is 0.612. The van der Waals surface area contributed by atoms with Crippen molar-refractivity contribution in [1.82, 2.24) is 0 Å². The summed E-state index contributed by atoms with van der Waals surface area (Å²) < 4.78 is 18.1. The predicted octanol–water partition coefficient (Wildman–Crippen LogP) is 3.01. The summed E-state index contributed by atoms with van der Waals surface area (Å²) in [5, 5.41) is 0. The van der Waals surface area contributed by atoms with E-state index >= 15 is 0 Å². The minimum Gasteiger partial charge on any atom is -0.544 e. The van der Waals surface area contributed by atoms with Crippen molar-refractivity contribution in [3.8, 4) is 5.75 Å². The van der Waals surface area contributed by atoms with E-state index < -0.39 is 15.4 Å². The van der Waals surface area contributed by atoms with Crippen LogP contribution in [0, 0.1) is 0 Å². The van der Waals surface area contributed by atoms with Gasteiger partial charge in [-0.25, -0.2) is 0 Å². The lowest BCUT2D eigenvalue weighted by atomic mass is 9.78. The number of hydrogen-bond donors (Lipinski definition) is 0. The highest BCUT2D eigenvalue weighted by Crippen LogP contribution is 2.36. The first kappa shape index (κ1) is 17.2. The van der Waals surface area contributed by atoms with E-state index in [-0.39, 0.29) is 11.2 Å². The van der Waals surface area contributed by atoms with Gasteiger partial charge in [0.1, 0.15) is 5.75 Å². The molecule has 1 aromatic carbocycles. The molecule has 1 aromatic rings. The highest BCUT2D eigenvalue weighted by molar-refractivity contribution is 6.70. The molecule has 1 heterocycles. The highest BCUT2D eigenvalue weighted by Gasteiger charge is 2.51. The van der Waals surface area contributed by atoms with Gasteiger partial charge in [0.2, 0.25) is 8.32 Å². The maximum Gasteiger partial charge on any atom is 0.494 e. The minimum atomic E-state index is -1.81. The van der Waals surface area contributed by atoms with Crippen LogP contribution in [0.15, 0.2) is 18.2 Å². The zero-order valence-corrected chi connectivity index (χ0v) is 15.5. The number of carbonyl (C=O) groups is 1. The Balaban J connectivity index is 2.34. The zero-order chi connectivity index (χ0) is 16.8. The maximum absolute atomic E-state index is 11.2. The molecule has 4 nitrogen and oxygen atoms in total. The van der Waals surface area contributed by atoms with E-state index in [4.69, 9.17) is 13.7 Å². The lowest BCUT2D eigenvalue weighted by Crippen LogP contribution is -2.41. The number of aldehydes is 1. The summed E-state index contributed by atoms with van der Waals surface area (Å²) in [5.41, 5.74) is 0.655. The summed E-state index contributed by atoms with van der Waals surface area (Å²) in [7, 11) is -2.25. The lowest BCUT2D eigenvalue weighted by molar-refractivity contribution is 0.00578. The molecule has 0 N–H and O–H groups in total. The van der Waals surface area contributed by atoms with Gasteiger partial charge in [0.05, 0.1) is 16.8 Å². The van der Waals surface area contributed by atoms with E-state index in [1.807, 2.05) is 39.8 Å². The van der Waals surface area contributed by atoms with Gasteiger partial charge in [0.15, 0.2) is 6.29 Å². The molecule has 0 atom stereocenters. The standard InChI is InChI=1S/C16H25BO4Si/c1-15(2)16(3,4)21-17(20-15)13-9-8-12(11-18)14(10-13)19-22(5,6)7/h8-11H,1-7H3. The van der Waals surface area contributed by atoms with Crippen molar-refractivity contribution in [3.63, 3.8) is 0 Å². The van der Waals surface area contributed by atoms with E-state index in [1.54, 1.807) is 6.07 Å². The van der Waals surface area contributed by atoms with Crippen molar-refractivity contribution in [2.45, 2.75) is 58.5 Å². The van der Waals surface area contributed by atoms with Crippen LogP contribution in [0.4, 0.5) is 0 Å². The largest absolute Gasteiger partial charge is 0.544 e. The van der Waals surface area contributed by atoms with Crippen LogP contribution in [-0.2, 0) is 9.31 Å². The average Bonchev–Trinajstić information content (AvgIpc) is 2.56. The fraction of sp³-hybridized carbons (Fsp3) is 0.562. The van der Waals surface area contributed by atoms with Crippen molar-refractivity contribution >= 4 is 27.2 Å². The third-order valence-corrected chi connectivity index (χ3v) is 4.94. The number of benzene rings is 1. The summed E-state index contributed by atoms with van der Waals surface area (Å²) in [6.45, 7) is 14.3. The molecule has 0 aromatic heterocycles. The Bertz CT molecular complexity index is 562. The summed E-state index contributed by atoms with van der Waals surface area (Å²) in [6.07, 6.45) is 0.823. The topological polar surface area (TPSA) is 44.8 Å². The molecule has 0 aliphatic carbocycles. The molecule has 1 fully saturated rings. The molecule has 0 amide bonds. The average molecular weight is 320 g/mol. The fourth-order valence-electron chi connectivity index (χ4n) is 2.19. The Morgan fingerprint density at radius 2 is 1.64 bits per heavy atom. The van der Waals surface area contributed by atoms with Crippen molar-refractivity contribution < 1.29 is 18.5 Å². The lowest BCUT2D eigenvalue weighted by Gasteiger charge is -2.32. The third-order valence-electron chi connectivity index (χ3n) is 4.11. The number of hydrogen-bond acceptors (Lipinski definition) is 4. The first-order valence-corrected chi connectivity index (χ1v) is 11.0. The Hall–Kier alpha value is -1.11. The molecule has 22 heavy (non-hydrogen) atoms.